The molecule has 20 heavy (non-hydrogen) atoms. The lowest BCUT2D eigenvalue weighted by atomic mass is 10.1. The van der Waals surface area contributed by atoms with E-state index in [9.17, 15) is 0 Å². The third kappa shape index (κ3) is 3.23. The van der Waals surface area contributed by atoms with Crippen molar-refractivity contribution in [2.24, 2.45) is 0 Å². The van der Waals surface area contributed by atoms with Gasteiger partial charge in [-0.3, -0.25) is 4.90 Å². The normalized spacial score (nSPS) is 17.2. The Hall–Kier alpha value is -1.74. The van der Waals surface area contributed by atoms with Crippen LogP contribution in [0.4, 0.5) is 5.69 Å². The second-order valence-corrected chi connectivity index (χ2v) is 5.56. The fraction of sp³-hybridized carbons (Fsp3) is 0.412. The number of furan rings is 1. The average Bonchev–Trinajstić information content (AvgIpc) is 3.13. The molecular weight excluding hydrogens is 248 g/mol. The first kappa shape index (κ1) is 13.3. The van der Waals surface area contributed by atoms with Crippen LogP contribution in [0.15, 0.2) is 47.1 Å². The summed E-state index contributed by atoms with van der Waals surface area (Å²) in [6, 6.07) is 12.9. The van der Waals surface area contributed by atoms with Crippen molar-refractivity contribution in [1.29, 1.82) is 0 Å². The molecule has 0 radical (unpaired) electrons. The largest absolute Gasteiger partial charge is 0.467 e. The Morgan fingerprint density at radius 3 is 2.55 bits per heavy atom. The second-order valence-electron chi connectivity index (χ2n) is 5.56. The molecule has 1 unspecified atom stereocenters. The molecule has 2 heterocycles. The molecule has 106 valence electrons. The number of hydrogen-bond acceptors (Lipinski definition) is 3. The minimum atomic E-state index is 0.189. The van der Waals surface area contributed by atoms with E-state index in [0.29, 0.717) is 0 Å². The van der Waals surface area contributed by atoms with Crippen molar-refractivity contribution in [2.45, 2.75) is 32.4 Å². The van der Waals surface area contributed by atoms with E-state index in [2.05, 4.69) is 41.4 Å². The van der Waals surface area contributed by atoms with E-state index in [0.717, 1.165) is 18.0 Å². The quantitative estimate of drug-likeness (QED) is 0.888. The molecule has 1 atom stereocenters. The predicted octanol–water partition coefficient (Wildman–Crippen LogP) is 4.05. The number of rotatable bonds is 5. The molecule has 2 aromatic rings. The number of hydrogen-bond donors (Lipinski definition) is 1. The van der Waals surface area contributed by atoms with Crippen molar-refractivity contribution in [1.82, 2.24) is 4.90 Å². The summed E-state index contributed by atoms with van der Waals surface area (Å²) >= 11 is 0. The van der Waals surface area contributed by atoms with Gasteiger partial charge in [-0.2, -0.15) is 0 Å². The van der Waals surface area contributed by atoms with Crippen molar-refractivity contribution < 1.29 is 4.42 Å². The Morgan fingerprint density at radius 1 is 1.15 bits per heavy atom. The van der Waals surface area contributed by atoms with E-state index in [1.807, 2.05) is 12.1 Å². The molecule has 1 N–H and O–H groups in total. The van der Waals surface area contributed by atoms with Crippen LogP contribution < -0.4 is 5.32 Å². The summed E-state index contributed by atoms with van der Waals surface area (Å²) in [6.45, 7) is 5.68. The van der Waals surface area contributed by atoms with Crippen LogP contribution in [0.1, 0.15) is 37.1 Å². The highest BCUT2D eigenvalue weighted by atomic mass is 16.3. The lowest BCUT2D eigenvalue weighted by Gasteiger charge is -2.16. The van der Waals surface area contributed by atoms with Gasteiger partial charge in [-0.25, -0.2) is 0 Å². The van der Waals surface area contributed by atoms with Gasteiger partial charge in [0.25, 0.3) is 0 Å². The molecule has 1 fully saturated rings. The van der Waals surface area contributed by atoms with Gasteiger partial charge in [0.2, 0.25) is 0 Å². The maximum absolute atomic E-state index is 5.41. The summed E-state index contributed by atoms with van der Waals surface area (Å²) in [5.41, 5.74) is 2.53. The summed E-state index contributed by atoms with van der Waals surface area (Å²) < 4.78 is 5.41. The first-order chi connectivity index (χ1) is 9.81. The highest BCUT2D eigenvalue weighted by molar-refractivity contribution is 5.46. The molecule has 1 aromatic heterocycles. The number of nitrogens with one attached hydrogen (secondary N) is 1. The van der Waals surface area contributed by atoms with Crippen molar-refractivity contribution in [2.75, 3.05) is 18.4 Å². The van der Waals surface area contributed by atoms with Crippen LogP contribution in [-0.4, -0.2) is 18.0 Å². The van der Waals surface area contributed by atoms with Gasteiger partial charge in [0.1, 0.15) is 5.76 Å². The minimum Gasteiger partial charge on any atom is -0.467 e. The molecule has 0 bridgehead atoms. The predicted molar refractivity (Wildman–Crippen MR) is 81.7 cm³/mol. The number of likely N-dealkylation sites (tertiary alicyclic amines) is 1. The van der Waals surface area contributed by atoms with Crippen LogP contribution in [0.5, 0.6) is 0 Å². The van der Waals surface area contributed by atoms with Crippen LogP contribution in [-0.2, 0) is 6.54 Å². The van der Waals surface area contributed by atoms with E-state index >= 15 is 0 Å². The lowest BCUT2D eigenvalue weighted by Crippen LogP contribution is -2.18. The van der Waals surface area contributed by atoms with Gasteiger partial charge in [-0.15, -0.1) is 0 Å². The van der Waals surface area contributed by atoms with Gasteiger partial charge in [-0.05, 0) is 62.7 Å². The van der Waals surface area contributed by atoms with Crippen molar-refractivity contribution in [3.05, 3.63) is 54.0 Å². The Balaban J connectivity index is 1.58. The summed E-state index contributed by atoms with van der Waals surface area (Å²) in [5, 5.41) is 3.46. The Bertz CT molecular complexity index is 512. The van der Waals surface area contributed by atoms with Crippen LogP contribution in [0, 0.1) is 0 Å². The van der Waals surface area contributed by atoms with Crippen molar-refractivity contribution in [3.8, 4) is 0 Å². The van der Waals surface area contributed by atoms with Gasteiger partial charge in [0, 0.05) is 12.2 Å². The third-order valence-electron chi connectivity index (χ3n) is 3.91. The monoisotopic (exact) mass is 270 g/mol. The molecule has 1 aliphatic rings. The molecule has 1 saturated heterocycles. The zero-order valence-electron chi connectivity index (χ0n) is 12.0. The highest BCUT2D eigenvalue weighted by Gasteiger charge is 2.12. The fourth-order valence-electron chi connectivity index (χ4n) is 2.76. The van der Waals surface area contributed by atoms with E-state index in [1.54, 1.807) is 6.26 Å². The number of benzene rings is 1. The maximum Gasteiger partial charge on any atom is 0.125 e. The Labute approximate surface area is 120 Å². The van der Waals surface area contributed by atoms with Gasteiger partial charge in [-0.1, -0.05) is 12.1 Å². The Morgan fingerprint density at radius 2 is 1.90 bits per heavy atom. The summed E-state index contributed by atoms with van der Waals surface area (Å²) in [6.07, 6.45) is 4.41. The highest BCUT2D eigenvalue weighted by Crippen LogP contribution is 2.20. The van der Waals surface area contributed by atoms with Crippen LogP contribution in [0.2, 0.25) is 0 Å². The van der Waals surface area contributed by atoms with E-state index < -0.39 is 0 Å². The minimum absolute atomic E-state index is 0.189. The first-order valence-corrected chi connectivity index (χ1v) is 7.42. The summed E-state index contributed by atoms with van der Waals surface area (Å²) in [5.74, 6) is 0.964. The van der Waals surface area contributed by atoms with E-state index in [4.69, 9.17) is 4.42 Å². The van der Waals surface area contributed by atoms with Crippen LogP contribution >= 0.6 is 0 Å². The molecule has 0 spiro atoms. The second kappa shape index (κ2) is 6.14. The van der Waals surface area contributed by atoms with Crippen molar-refractivity contribution >= 4 is 5.69 Å². The number of nitrogens with zero attached hydrogens (tertiary/aromatic N) is 1. The molecule has 0 amide bonds. The maximum atomic E-state index is 5.41. The number of anilines is 1. The van der Waals surface area contributed by atoms with E-state index in [1.165, 1.54) is 31.5 Å². The lowest BCUT2D eigenvalue weighted by molar-refractivity contribution is 0.331. The van der Waals surface area contributed by atoms with Crippen molar-refractivity contribution in [3.63, 3.8) is 0 Å². The van der Waals surface area contributed by atoms with Gasteiger partial charge in [0.15, 0.2) is 0 Å². The summed E-state index contributed by atoms with van der Waals surface area (Å²) in [4.78, 5) is 2.52. The average molecular weight is 270 g/mol. The van der Waals surface area contributed by atoms with Gasteiger partial charge in [0.05, 0.1) is 12.3 Å². The molecule has 1 aliphatic heterocycles. The standard InChI is InChI=1S/C17H22N2O/c1-14(17-5-4-12-20-17)18-16-8-6-15(7-9-16)13-19-10-2-3-11-19/h4-9,12,14,18H,2-3,10-11,13H2,1H3. The van der Waals surface area contributed by atoms with Crippen LogP contribution in [0.25, 0.3) is 0 Å². The molecule has 1 aromatic carbocycles. The molecule has 3 heteroatoms. The fourth-order valence-corrected chi connectivity index (χ4v) is 2.76. The first-order valence-electron chi connectivity index (χ1n) is 7.42. The third-order valence-corrected chi connectivity index (χ3v) is 3.91. The topological polar surface area (TPSA) is 28.4 Å². The SMILES string of the molecule is CC(Nc1ccc(CN2CCCC2)cc1)c1ccco1. The Kier molecular flexibility index (Phi) is 4.07. The molecule has 3 rings (SSSR count). The zero-order chi connectivity index (χ0) is 13.8. The molecule has 0 saturated carbocycles. The molecule has 3 nitrogen and oxygen atoms in total. The van der Waals surface area contributed by atoms with Crippen LogP contribution in [0.3, 0.4) is 0 Å². The molecule has 0 aliphatic carbocycles. The van der Waals surface area contributed by atoms with Gasteiger partial charge >= 0.3 is 0 Å². The smallest absolute Gasteiger partial charge is 0.125 e. The molecular formula is C17H22N2O. The van der Waals surface area contributed by atoms with E-state index in [-0.39, 0.29) is 6.04 Å². The summed E-state index contributed by atoms with van der Waals surface area (Å²) in [7, 11) is 0. The van der Waals surface area contributed by atoms with Gasteiger partial charge < -0.3 is 9.73 Å². The zero-order valence-corrected chi connectivity index (χ0v) is 12.0.